The summed E-state index contributed by atoms with van der Waals surface area (Å²) < 4.78 is 21.0. The Morgan fingerprint density at radius 3 is 0.871 bits per heavy atom. The molecule has 0 spiro atoms. The molecule has 0 N–H and O–H groups in total. The summed E-state index contributed by atoms with van der Waals surface area (Å²) >= 11 is 0. The molecule has 0 atom stereocenters. The van der Waals surface area contributed by atoms with Crippen molar-refractivity contribution in [2.24, 2.45) is 0 Å². The van der Waals surface area contributed by atoms with Gasteiger partial charge in [0.05, 0.1) is 22.7 Å². The van der Waals surface area contributed by atoms with E-state index in [2.05, 4.69) is 0 Å². The first-order valence-electron chi connectivity index (χ1n) is 10.2. The van der Waals surface area contributed by atoms with Crippen molar-refractivity contribution < 1.29 is 4.57 Å². The summed E-state index contributed by atoms with van der Waals surface area (Å²) in [7, 11) is 0.348. The summed E-state index contributed by atoms with van der Waals surface area (Å²) in [6, 6.07) is 39.6. The second-order valence-corrected chi connectivity index (χ2v) is 9.95. The summed E-state index contributed by atoms with van der Waals surface area (Å²) in [5.41, 5.74) is 3.45. The summed E-state index contributed by atoms with van der Waals surface area (Å²) in [5, 5.41) is 0. The Morgan fingerprint density at radius 2 is 0.677 bits per heavy atom. The monoisotopic (exact) mass is 427 g/mol. The molecule has 31 heavy (non-hydrogen) atoms. The maximum absolute atomic E-state index is 15.3. The van der Waals surface area contributed by atoms with Gasteiger partial charge in [-0.05, 0) is 62.6 Å². The summed E-state index contributed by atoms with van der Waals surface area (Å²) in [4.78, 5) is 0. The number of hydrogen-bond acceptors (Lipinski definition) is 1. The van der Waals surface area contributed by atoms with Crippen LogP contribution < -0.4 is 9.34 Å². The lowest BCUT2D eigenvalue weighted by atomic mass is 10.3. The Hall–Kier alpha value is -3.33. The smallest absolute Gasteiger partial charge is 0.263 e. The molecular formula is C26H26N3OP. The average molecular weight is 427 g/mol. The largest absolute Gasteiger partial charge is 0.344 e. The van der Waals surface area contributed by atoms with Gasteiger partial charge in [-0.1, -0.05) is 72.8 Å². The fraction of sp³-hybridized carbons (Fsp3) is 0.0769. The second kappa shape index (κ2) is 9.22. The van der Waals surface area contributed by atoms with Gasteiger partial charge < -0.3 is 0 Å². The molecule has 4 aromatic carbocycles. The molecule has 0 aliphatic carbocycles. The number of hydrogen-bond donors (Lipinski definition) is 0. The van der Waals surface area contributed by atoms with E-state index in [4.69, 9.17) is 0 Å². The number of anilines is 4. The molecule has 0 amide bonds. The van der Waals surface area contributed by atoms with Gasteiger partial charge in [-0.25, -0.2) is 4.67 Å². The normalized spacial score (nSPS) is 11.3. The fourth-order valence-electron chi connectivity index (χ4n) is 3.62. The molecule has 0 aromatic heterocycles. The zero-order valence-corrected chi connectivity index (χ0v) is 18.6. The Labute approximate surface area is 184 Å². The molecule has 0 aliphatic rings. The van der Waals surface area contributed by atoms with Gasteiger partial charge in [0.15, 0.2) is 0 Å². The lowest BCUT2D eigenvalue weighted by Gasteiger charge is -2.44. The first kappa shape index (κ1) is 20.9. The van der Waals surface area contributed by atoms with Gasteiger partial charge in [0.25, 0.3) is 0 Å². The molecule has 0 fully saturated rings. The van der Waals surface area contributed by atoms with Crippen molar-refractivity contribution in [2.75, 3.05) is 23.4 Å². The minimum Gasteiger partial charge on any atom is -0.263 e. The van der Waals surface area contributed by atoms with E-state index in [9.17, 15) is 0 Å². The maximum atomic E-state index is 15.3. The highest BCUT2D eigenvalue weighted by Gasteiger charge is 2.42. The maximum Gasteiger partial charge on any atom is 0.344 e. The van der Waals surface area contributed by atoms with Crippen molar-refractivity contribution in [3.05, 3.63) is 121 Å². The van der Waals surface area contributed by atoms with Crippen LogP contribution in [-0.2, 0) is 4.57 Å². The van der Waals surface area contributed by atoms with Crippen LogP contribution in [0, 0.1) is 0 Å². The zero-order valence-electron chi connectivity index (χ0n) is 17.7. The fourth-order valence-corrected chi connectivity index (χ4v) is 6.25. The number of nitrogens with zero attached hydrogens (tertiary/aromatic N) is 3. The van der Waals surface area contributed by atoms with Crippen LogP contribution in [0.5, 0.6) is 0 Å². The van der Waals surface area contributed by atoms with Crippen molar-refractivity contribution in [3.63, 3.8) is 0 Å². The lowest BCUT2D eigenvalue weighted by Crippen LogP contribution is -2.34. The lowest BCUT2D eigenvalue weighted by molar-refractivity contribution is 0.514. The molecule has 0 saturated heterocycles. The number of para-hydroxylation sites is 4. The Morgan fingerprint density at radius 1 is 0.452 bits per heavy atom. The molecule has 0 saturated carbocycles. The summed E-state index contributed by atoms with van der Waals surface area (Å²) in [6.45, 7) is 0. The third kappa shape index (κ3) is 4.13. The van der Waals surface area contributed by atoms with E-state index < -0.39 is 7.59 Å². The molecule has 5 heteroatoms. The third-order valence-corrected chi connectivity index (χ3v) is 8.05. The number of rotatable bonds is 7. The van der Waals surface area contributed by atoms with E-state index in [-0.39, 0.29) is 0 Å². The highest BCUT2D eigenvalue weighted by molar-refractivity contribution is 7.65. The standard InChI is InChI=1S/C26H26N3OP/c1-27(2)31(30,28(23-15-7-3-8-16-23)24-17-9-4-10-18-24)29(25-19-11-5-12-20-25)26-21-13-6-14-22-26/h3-22H,1-2H3. The van der Waals surface area contributed by atoms with E-state index in [1.165, 1.54) is 0 Å². The molecule has 4 aromatic rings. The first-order valence-corrected chi connectivity index (χ1v) is 11.8. The molecule has 4 rings (SSSR count). The molecule has 4 nitrogen and oxygen atoms in total. The van der Waals surface area contributed by atoms with Crippen LogP contribution in [-0.4, -0.2) is 18.8 Å². The molecule has 0 heterocycles. The predicted molar refractivity (Wildman–Crippen MR) is 131 cm³/mol. The van der Waals surface area contributed by atoms with Crippen molar-refractivity contribution in [1.29, 1.82) is 0 Å². The van der Waals surface area contributed by atoms with Gasteiger partial charge >= 0.3 is 7.59 Å². The van der Waals surface area contributed by atoms with Crippen molar-refractivity contribution in [3.8, 4) is 0 Å². The molecule has 0 unspecified atom stereocenters. The van der Waals surface area contributed by atoms with Crippen LogP contribution >= 0.6 is 7.59 Å². The first-order chi connectivity index (χ1) is 15.1. The molecule has 0 bridgehead atoms. The van der Waals surface area contributed by atoms with E-state index in [1.54, 1.807) is 0 Å². The zero-order chi connectivity index (χ0) is 21.7. The highest BCUT2D eigenvalue weighted by Crippen LogP contribution is 2.64. The van der Waals surface area contributed by atoms with Gasteiger partial charge in [0.1, 0.15) is 0 Å². The van der Waals surface area contributed by atoms with Gasteiger partial charge in [0, 0.05) is 0 Å². The van der Waals surface area contributed by atoms with E-state index in [0.717, 1.165) is 22.7 Å². The predicted octanol–water partition coefficient (Wildman–Crippen LogP) is 7.33. The Bertz CT molecular complexity index is 970. The van der Waals surface area contributed by atoms with Crippen molar-refractivity contribution in [1.82, 2.24) is 4.67 Å². The van der Waals surface area contributed by atoms with Gasteiger partial charge in [-0.15, -0.1) is 0 Å². The summed E-state index contributed by atoms with van der Waals surface area (Å²) in [5.74, 6) is 0. The highest BCUT2D eigenvalue weighted by atomic mass is 31.2. The molecule has 0 aliphatic heterocycles. The second-order valence-electron chi connectivity index (χ2n) is 7.33. The van der Waals surface area contributed by atoms with E-state index in [0.29, 0.717) is 0 Å². The third-order valence-electron chi connectivity index (χ3n) is 5.05. The quantitative estimate of drug-likeness (QED) is 0.289. The van der Waals surface area contributed by atoms with Gasteiger partial charge in [-0.3, -0.25) is 13.9 Å². The number of benzene rings is 4. The van der Waals surface area contributed by atoms with Gasteiger partial charge in [-0.2, -0.15) is 0 Å². The Kier molecular flexibility index (Phi) is 6.22. The minimum atomic E-state index is -3.40. The van der Waals surface area contributed by atoms with Crippen LogP contribution in [0.25, 0.3) is 0 Å². The SMILES string of the molecule is CN(C)P(=O)(N(c1ccccc1)c1ccccc1)N(c1ccccc1)c1ccccc1. The Balaban J connectivity index is 2.01. The van der Waals surface area contributed by atoms with Crippen LogP contribution in [0.2, 0.25) is 0 Å². The van der Waals surface area contributed by atoms with Crippen molar-refractivity contribution in [2.45, 2.75) is 0 Å². The van der Waals surface area contributed by atoms with E-state index >= 15 is 4.57 Å². The van der Waals surface area contributed by atoms with Crippen molar-refractivity contribution >= 4 is 30.3 Å². The van der Waals surface area contributed by atoms with E-state index in [1.807, 2.05) is 149 Å². The molecular weight excluding hydrogens is 401 g/mol. The topological polar surface area (TPSA) is 26.8 Å². The van der Waals surface area contributed by atoms with Crippen LogP contribution in [0.15, 0.2) is 121 Å². The molecule has 156 valence electrons. The van der Waals surface area contributed by atoms with Crippen LogP contribution in [0.4, 0.5) is 22.7 Å². The summed E-state index contributed by atoms with van der Waals surface area (Å²) in [6.07, 6.45) is 0. The van der Waals surface area contributed by atoms with Gasteiger partial charge in [0.2, 0.25) is 0 Å². The average Bonchev–Trinajstić information content (AvgIpc) is 2.82. The van der Waals surface area contributed by atoms with Crippen LogP contribution in [0.1, 0.15) is 0 Å². The molecule has 0 radical (unpaired) electrons. The van der Waals surface area contributed by atoms with Crippen LogP contribution in [0.3, 0.4) is 0 Å². The minimum absolute atomic E-state index is 0.864.